The molecule has 134 valence electrons. The second-order valence-corrected chi connectivity index (χ2v) is 6.52. The van der Waals surface area contributed by atoms with Crippen molar-refractivity contribution in [3.05, 3.63) is 23.7 Å². The van der Waals surface area contributed by atoms with Crippen LogP contribution in [0.1, 0.15) is 85.3 Å². The molecule has 2 aliphatic carbocycles. The molecule has 7 nitrogen and oxygen atoms in total. The van der Waals surface area contributed by atoms with E-state index in [9.17, 15) is 9.59 Å². The number of carbonyl (C=O) groups is 2. The molecule has 7 heteroatoms. The molecule has 1 heterocycles. The second kappa shape index (κ2) is 8.60. The highest BCUT2D eigenvalue weighted by molar-refractivity contribution is 5.97. The van der Waals surface area contributed by atoms with Gasteiger partial charge in [-0.1, -0.05) is 12.8 Å². The van der Waals surface area contributed by atoms with Crippen molar-refractivity contribution in [1.82, 2.24) is 10.9 Å². The molecular weight excluding hydrogens is 320 g/mol. The van der Waals surface area contributed by atoms with Crippen LogP contribution in [0.3, 0.4) is 0 Å². The zero-order chi connectivity index (χ0) is 17.5. The van der Waals surface area contributed by atoms with Crippen LogP contribution in [-0.2, 0) is 0 Å². The highest BCUT2D eigenvalue weighted by Gasteiger charge is 2.16. The summed E-state index contributed by atoms with van der Waals surface area (Å²) in [5.74, 6) is -0.766. The first kappa shape index (κ1) is 17.4. The number of nitrogens with zero attached hydrogens (tertiary/aromatic N) is 2. The Balaban J connectivity index is 1.53. The molecular formula is C18H24N4O3. The normalized spacial score (nSPS) is 17.8. The number of nitrogens with one attached hydrogen (secondary N) is 2. The van der Waals surface area contributed by atoms with Gasteiger partial charge in [0.1, 0.15) is 0 Å². The predicted octanol–water partition coefficient (Wildman–Crippen LogP) is 3.38. The number of hydrogen-bond donors (Lipinski definition) is 2. The number of furan rings is 1. The van der Waals surface area contributed by atoms with Gasteiger partial charge in [0.05, 0.1) is 0 Å². The molecule has 1 aromatic rings. The van der Waals surface area contributed by atoms with E-state index in [1.165, 1.54) is 25.0 Å². The summed E-state index contributed by atoms with van der Waals surface area (Å²) in [6, 6.07) is 2.94. The van der Waals surface area contributed by atoms with Crippen LogP contribution in [0.2, 0.25) is 0 Å². The number of carbonyl (C=O) groups excluding carboxylic acids is 2. The van der Waals surface area contributed by atoms with Crippen LogP contribution in [0.5, 0.6) is 0 Å². The fraction of sp³-hybridized carbons (Fsp3) is 0.556. The lowest BCUT2D eigenvalue weighted by molar-refractivity contribution is 0.0902. The fourth-order valence-electron chi connectivity index (χ4n) is 3.10. The molecule has 2 N–H and O–H groups in total. The summed E-state index contributed by atoms with van der Waals surface area (Å²) in [5.41, 5.74) is 7.02. The highest BCUT2D eigenvalue weighted by atomic mass is 16.4. The van der Waals surface area contributed by atoms with Crippen LogP contribution in [0.25, 0.3) is 0 Å². The van der Waals surface area contributed by atoms with Gasteiger partial charge in [0.2, 0.25) is 0 Å². The number of amides is 2. The Kier molecular flexibility index (Phi) is 5.98. The molecule has 2 saturated carbocycles. The molecule has 0 atom stereocenters. The summed E-state index contributed by atoms with van der Waals surface area (Å²) in [6.45, 7) is 0. The van der Waals surface area contributed by atoms with E-state index in [-0.39, 0.29) is 11.5 Å². The van der Waals surface area contributed by atoms with Crippen LogP contribution in [0.4, 0.5) is 0 Å². The third-order valence-electron chi connectivity index (χ3n) is 4.55. The van der Waals surface area contributed by atoms with E-state index in [2.05, 4.69) is 21.1 Å². The monoisotopic (exact) mass is 344 g/mol. The quantitative estimate of drug-likeness (QED) is 0.820. The van der Waals surface area contributed by atoms with Gasteiger partial charge in [-0.3, -0.25) is 9.59 Å². The van der Waals surface area contributed by atoms with Gasteiger partial charge in [-0.2, -0.15) is 10.2 Å². The molecule has 25 heavy (non-hydrogen) atoms. The summed E-state index contributed by atoms with van der Waals surface area (Å²) in [5, 5.41) is 8.29. The molecule has 0 unspecified atom stereocenters. The number of hydrogen-bond acceptors (Lipinski definition) is 5. The third kappa shape index (κ3) is 5.01. The van der Waals surface area contributed by atoms with E-state index >= 15 is 0 Å². The van der Waals surface area contributed by atoms with Gasteiger partial charge in [-0.15, -0.1) is 0 Å². The smallest absolute Gasteiger partial charge is 0.307 e. The van der Waals surface area contributed by atoms with E-state index in [0.29, 0.717) is 0 Å². The summed E-state index contributed by atoms with van der Waals surface area (Å²) in [7, 11) is 0. The van der Waals surface area contributed by atoms with E-state index < -0.39 is 11.8 Å². The molecule has 1 aromatic heterocycles. The third-order valence-corrected chi connectivity index (χ3v) is 4.55. The largest absolute Gasteiger partial charge is 0.446 e. The minimum absolute atomic E-state index is 0.0654. The van der Waals surface area contributed by atoms with Crippen molar-refractivity contribution < 1.29 is 14.0 Å². The van der Waals surface area contributed by atoms with Gasteiger partial charge >= 0.3 is 11.8 Å². The fourth-order valence-corrected chi connectivity index (χ4v) is 3.10. The van der Waals surface area contributed by atoms with Crippen molar-refractivity contribution in [3.63, 3.8) is 0 Å². The summed E-state index contributed by atoms with van der Waals surface area (Å²) in [4.78, 5) is 24.1. The van der Waals surface area contributed by atoms with Crippen molar-refractivity contribution in [1.29, 1.82) is 0 Å². The minimum atomic E-state index is -0.448. The average Bonchev–Trinajstić information content (AvgIpc) is 3.16. The Morgan fingerprint density at radius 2 is 1.12 bits per heavy atom. The average molecular weight is 344 g/mol. The van der Waals surface area contributed by atoms with E-state index in [1.807, 2.05) is 0 Å². The molecule has 0 saturated heterocycles. The first-order chi connectivity index (χ1) is 12.2. The standard InChI is InChI=1S/C18H24N4O3/c23-17(21-19-13-7-3-1-4-8-13)15-11-12-16(25-15)18(24)22-20-14-9-5-2-6-10-14/h11-12H,1-10H2,(H,21,23)(H,22,24). The van der Waals surface area contributed by atoms with Crippen LogP contribution in [0, 0.1) is 0 Å². The van der Waals surface area contributed by atoms with Crippen molar-refractivity contribution in [2.45, 2.75) is 64.2 Å². The summed E-state index contributed by atoms with van der Waals surface area (Å²) < 4.78 is 5.32. The van der Waals surface area contributed by atoms with Crippen molar-refractivity contribution >= 4 is 23.2 Å². The van der Waals surface area contributed by atoms with Crippen molar-refractivity contribution in [2.75, 3.05) is 0 Å². The van der Waals surface area contributed by atoms with Crippen molar-refractivity contribution in [2.24, 2.45) is 10.2 Å². The molecule has 2 fully saturated rings. The van der Waals surface area contributed by atoms with Gasteiger partial charge in [0.25, 0.3) is 0 Å². The van der Waals surface area contributed by atoms with E-state index in [1.54, 1.807) is 0 Å². The van der Waals surface area contributed by atoms with Gasteiger partial charge in [-0.05, 0) is 63.5 Å². The zero-order valence-corrected chi connectivity index (χ0v) is 14.3. The number of hydrazone groups is 2. The van der Waals surface area contributed by atoms with Crippen molar-refractivity contribution in [3.8, 4) is 0 Å². The highest BCUT2D eigenvalue weighted by Crippen LogP contribution is 2.15. The Morgan fingerprint density at radius 3 is 1.52 bits per heavy atom. The molecule has 2 aliphatic rings. The van der Waals surface area contributed by atoms with E-state index in [4.69, 9.17) is 4.42 Å². The molecule has 3 rings (SSSR count). The minimum Gasteiger partial charge on any atom is -0.446 e. The zero-order valence-electron chi connectivity index (χ0n) is 14.3. The molecule has 0 spiro atoms. The van der Waals surface area contributed by atoms with Crippen LogP contribution in [-0.4, -0.2) is 23.2 Å². The Bertz CT molecular complexity index is 618. The van der Waals surface area contributed by atoms with Gasteiger partial charge in [0, 0.05) is 11.4 Å². The van der Waals surface area contributed by atoms with Crippen LogP contribution < -0.4 is 10.9 Å². The van der Waals surface area contributed by atoms with Crippen LogP contribution >= 0.6 is 0 Å². The summed E-state index contributed by atoms with van der Waals surface area (Å²) >= 11 is 0. The second-order valence-electron chi connectivity index (χ2n) is 6.52. The molecule has 0 aliphatic heterocycles. The molecule has 0 aromatic carbocycles. The summed E-state index contributed by atoms with van der Waals surface area (Å²) in [6.07, 6.45) is 10.6. The predicted molar refractivity (Wildman–Crippen MR) is 94.7 cm³/mol. The van der Waals surface area contributed by atoms with Crippen LogP contribution in [0.15, 0.2) is 26.8 Å². The topological polar surface area (TPSA) is 96.1 Å². The van der Waals surface area contributed by atoms with Gasteiger partial charge in [-0.25, -0.2) is 10.9 Å². The lowest BCUT2D eigenvalue weighted by Crippen LogP contribution is -2.21. The lowest BCUT2D eigenvalue weighted by atomic mass is 9.99. The molecule has 0 radical (unpaired) electrons. The Morgan fingerprint density at radius 1 is 0.720 bits per heavy atom. The Hall–Kier alpha value is -2.44. The maximum absolute atomic E-state index is 12.1. The Labute approximate surface area is 146 Å². The first-order valence-corrected chi connectivity index (χ1v) is 9.04. The lowest BCUT2D eigenvalue weighted by Gasteiger charge is -2.11. The molecule has 0 bridgehead atoms. The van der Waals surface area contributed by atoms with E-state index in [0.717, 1.165) is 62.8 Å². The number of rotatable bonds is 4. The SMILES string of the molecule is O=C(NN=C1CCCCC1)c1ccc(C(=O)NN=C2CCCCC2)o1. The van der Waals surface area contributed by atoms with Gasteiger partial charge in [0.15, 0.2) is 11.5 Å². The maximum atomic E-state index is 12.1. The maximum Gasteiger partial charge on any atom is 0.307 e. The van der Waals surface area contributed by atoms with Gasteiger partial charge < -0.3 is 4.42 Å². The molecule has 2 amide bonds. The first-order valence-electron chi connectivity index (χ1n) is 9.04.